The number of carbonyl (C=O) groups excluding carboxylic acids is 2. The molecule has 0 bridgehead atoms. The van der Waals surface area contributed by atoms with Crippen LogP contribution in [0.4, 0.5) is 9.18 Å². The van der Waals surface area contributed by atoms with E-state index in [1.165, 1.54) is 18.3 Å². The summed E-state index contributed by atoms with van der Waals surface area (Å²) in [6.45, 7) is 2.73. The predicted octanol–water partition coefficient (Wildman–Crippen LogP) is 2.94. The monoisotopic (exact) mass is 455 g/mol. The molecule has 2 N–H and O–H groups in total. The number of Topliss-reactive ketones (excluding diaryl/α,β-unsaturated/α-hetero) is 1. The van der Waals surface area contributed by atoms with Crippen molar-refractivity contribution in [3.63, 3.8) is 0 Å². The zero-order chi connectivity index (χ0) is 23.6. The lowest BCUT2D eigenvalue weighted by Gasteiger charge is -2.32. The second-order valence-electron chi connectivity index (χ2n) is 8.67. The molecule has 10 heteroatoms. The molecule has 0 unspecified atom stereocenters. The average Bonchev–Trinajstić information content (AvgIpc) is 3.40. The summed E-state index contributed by atoms with van der Waals surface area (Å²) in [4.78, 5) is 25.6. The van der Waals surface area contributed by atoms with Gasteiger partial charge in [0.15, 0.2) is 17.3 Å². The second-order valence-corrected chi connectivity index (χ2v) is 8.67. The summed E-state index contributed by atoms with van der Waals surface area (Å²) in [7, 11) is 0. The molecule has 2 fully saturated rings. The van der Waals surface area contributed by atoms with Crippen molar-refractivity contribution in [2.24, 2.45) is 5.73 Å². The first-order chi connectivity index (χ1) is 15.8. The van der Waals surface area contributed by atoms with Gasteiger partial charge in [-0.1, -0.05) is 0 Å². The third kappa shape index (κ3) is 4.98. The molecule has 1 aliphatic carbocycles. The van der Waals surface area contributed by atoms with Gasteiger partial charge in [-0.25, -0.2) is 9.18 Å². The van der Waals surface area contributed by atoms with Gasteiger partial charge >= 0.3 is 6.09 Å². The molecule has 0 atom stereocenters. The minimum absolute atomic E-state index is 0.0311. The van der Waals surface area contributed by atoms with Crippen molar-refractivity contribution in [1.29, 1.82) is 5.26 Å². The van der Waals surface area contributed by atoms with Crippen LogP contribution in [0, 0.1) is 17.1 Å². The smallest absolute Gasteiger partial charge is 0.410 e. The molecule has 1 aromatic carbocycles. The van der Waals surface area contributed by atoms with Gasteiger partial charge in [0.2, 0.25) is 0 Å². The van der Waals surface area contributed by atoms with Crippen molar-refractivity contribution in [1.82, 2.24) is 14.7 Å². The van der Waals surface area contributed by atoms with E-state index in [2.05, 4.69) is 11.2 Å². The second kappa shape index (κ2) is 9.19. The molecule has 4 rings (SSSR count). The van der Waals surface area contributed by atoms with Crippen molar-refractivity contribution in [2.45, 2.75) is 50.9 Å². The van der Waals surface area contributed by atoms with E-state index in [4.69, 9.17) is 15.2 Å². The van der Waals surface area contributed by atoms with E-state index in [1.807, 2.05) is 6.92 Å². The highest BCUT2D eigenvalue weighted by Gasteiger charge is 2.43. The summed E-state index contributed by atoms with van der Waals surface area (Å²) in [6.07, 6.45) is 4.35. The summed E-state index contributed by atoms with van der Waals surface area (Å²) < 4.78 is 27.0. The lowest BCUT2D eigenvalue weighted by Crippen LogP contribution is -2.41. The lowest BCUT2D eigenvalue weighted by atomic mass is 10.1. The fourth-order valence-electron chi connectivity index (χ4n) is 3.81. The average molecular weight is 455 g/mol. The van der Waals surface area contributed by atoms with Crippen molar-refractivity contribution >= 4 is 11.9 Å². The minimum Gasteiger partial charge on any atom is -0.486 e. The molecule has 33 heavy (non-hydrogen) atoms. The third-order valence-electron chi connectivity index (χ3n) is 6.16. The SMILES string of the molecule is CC1(OC(=O)N2CCC(n3ncc(COc4ccc(C(=O)CN)cc4F)c3C#N)CC2)CC1. The lowest BCUT2D eigenvalue weighted by molar-refractivity contribution is 0.0489. The number of ether oxygens (including phenoxy) is 2. The van der Waals surface area contributed by atoms with Crippen LogP contribution in [0.3, 0.4) is 0 Å². The number of carbonyl (C=O) groups is 2. The first kappa shape index (κ1) is 22.7. The van der Waals surface area contributed by atoms with Crippen molar-refractivity contribution in [2.75, 3.05) is 19.6 Å². The first-order valence-corrected chi connectivity index (χ1v) is 10.9. The van der Waals surface area contributed by atoms with Crippen molar-refractivity contribution in [3.8, 4) is 11.8 Å². The predicted molar refractivity (Wildman–Crippen MR) is 115 cm³/mol. The number of piperidine rings is 1. The van der Waals surface area contributed by atoms with E-state index in [0.29, 0.717) is 37.2 Å². The van der Waals surface area contributed by atoms with Crippen LogP contribution in [0.1, 0.15) is 60.3 Å². The molecule has 9 nitrogen and oxygen atoms in total. The molecule has 174 valence electrons. The Morgan fingerprint density at radius 3 is 2.67 bits per heavy atom. The normalized spacial score (nSPS) is 17.3. The Balaban J connectivity index is 1.37. The number of nitrogens with two attached hydrogens (primary N) is 1. The molecule has 0 radical (unpaired) electrons. The Morgan fingerprint density at radius 1 is 1.33 bits per heavy atom. The zero-order valence-corrected chi connectivity index (χ0v) is 18.4. The van der Waals surface area contributed by atoms with Crippen LogP contribution < -0.4 is 10.5 Å². The molecule has 1 aromatic heterocycles. The quantitative estimate of drug-likeness (QED) is 0.637. The van der Waals surface area contributed by atoms with E-state index < -0.39 is 5.82 Å². The summed E-state index contributed by atoms with van der Waals surface area (Å²) in [5, 5.41) is 14.1. The van der Waals surface area contributed by atoms with Gasteiger partial charge in [0, 0.05) is 24.2 Å². The maximum atomic E-state index is 14.3. The number of nitrogens with zero attached hydrogens (tertiary/aromatic N) is 4. The number of aromatic nitrogens is 2. The summed E-state index contributed by atoms with van der Waals surface area (Å²) in [6, 6.07) is 6.03. The molecular formula is C23H26FN5O4. The molecule has 2 aliphatic rings. The highest BCUT2D eigenvalue weighted by molar-refractivity contribution is 5.97. The standard InChI is InChI=1S/C23H26FN5O4/c1-23(6-7-23)33-22(31)28-8-4-17(5-9-28)29-19(11-25)16(13-27-29)14-32-21-3-2-15(10-18(21)24)20(30)12-26/h2-3,10,13,17H,4-9,12,14,26H2,1H3. The fourth-order valence-corrected chi connectivity index (χ4v) is 3.81. The fraction of sp³-hybridized carbons (Fsp3) is 0.478. The Hall–Kier alpha value is -3.45. The maximum absolute atomic E-state index is 14.3. The number of ketones is 1. The van der Waals surface area contributed by atoms with Gasteiger partial charge in [-0.15, -0.1) is 0 Å². The van der Waals surface area contributed by atoms with Crippen LogP contribution in [0.25, 0.3) is 0 Å². The number of nitriles is 1. The zero-order valence-electron chi connectivity index (χ0n) is 18.4. The Kier molecular flexibility index (Phi) is 6.33. The number of amides is 1. The summed E-state index contributed by atoms with van der Waals surface area (Å²) in [5.74, 6) is -1.08. The number of benzene rings is 1. The van der Waals surface area contributed by atoms with Gasteiger partial charge < -0.3 is 20.1 Å². The number of likely N-dealkylation sites (tertiary alicyclic amines) is 1. The van der Waals surface area contributed by atoms with Gasteiger partial charge in [-0.05, 0) is 50.8 Å². The van der Waals surface area contributed by atoms with Gasteiger partial charge in [-0.2, -0.15) is 10.4 Å². The Morgan fingerprint density at radius 2 is 2.06 bits per heavy atom. The summed E-state index contributed by atoms with van der Waals surface area (Å²) in [5.41, 5.74) is 6.05. The number of halogens is 1. The highest BCUT2D eigenvalue weighted by atomic mass is 19.1. The van der Waals surface area contributed by atoms with Crippen LogP contribution >= 0.6 is 0 Å². The molecule has 1 saturated heterocycles. The van der Waals surface area contributed by atoms with Crippen LogP contribution in [-0.4, -0.2) is 51.8 Å². The molecule has 1 amide bonds. The number of hydrogen-bond donors (Lipinski definition) is 1. The summed E-state index contributed by atoms with van der Waals surface area (Å²) >= 11 is 0. The van der Waals surface area contributed by atoms with E-state index >= 15 is 0 Å². The first-order valence-electron chi connectivity index (χ1n) is 10.9. The van der Waals surface area contributed by atoms with Crippen LogP contribution in [0.2, 0.25) is 0 Å². The van der Waals surface area contributed by atoms with Gasteiger partial charge in [-0.3, -0.25) is 9.48 Å². The molecular weight excluding hydrogens is 429 g/mol. The maximum Gasteiger partial charge on any atom is 0.410 e. The Bertz CT molecular complexity index is 1100. The van der Waals surface area contributed by atoms with Crippen molar-refractivity contribution in [3.05, 3.63) is 47.0 Å². The number of hydrogen-bond acceptors (Lipinski definition) is 7. The molecule has 1 saturated carbocycles. The van der Waals surface area contributed by atoms with Crippen LogP contribution in [-0.2, 0) is 11.3 Å². The molecule has 2 heterocycles. The third-order valence-corrected chi connectivity index (χ3v) is 6.16. The number of rotatable bonds is 7. The van der Waals surface area contributed by atoms with Crippen LogP contribution in [0.15, 0.2) is 24.4 Å². The van der Waals surface area contributed by atoms with E-state index in [1.54, 1.807) is 9.58 Å². The highest BCUT2D eigenvalue weighted by Crippen LogP contribution is 2.39. The minimum atomic E-state index is -0.681. The van der Waals surface area contributed by atoms with Gasteiger partial charge in [0.05, 0.1) is 18.8 Å². The molecule has 1 aliphatic heterocycles. The van der Waals surface area contributed by atoms with Gasteiger partial charge in [0.25, 0.3) is 0 Å². The molecule has 2 aromatic rings. The topological polar surface area (TPSA) is 123 Å². The van der Waals surface area contributed by atoms with Crippen LogP contribution in [0.5, 0.6) is 5.75 Å². The largest absolute Gasteiger partial charge is 0.486 e. The molecule has 0 spiro atoms. The van der Waals surface area contributed by atoms with E-state index in [0.717, 1.165) is 18.9 Å². The van der Waals surface area contributed by atoms with Crippen molar-refractivity contribution < 1.29 is 23.5 Å². The Labute approximate surface area is 190 Å². The van der Waals surface area contributed by atoms with Gasteiger partial charge in [0.1, 0.15) is 24.0 Å². The van der Waals surface area contributed by atoms with E-state index in [-0.39, 0.29) is 48.0 Å². The van der Waals surface area contributed by atoms with E-state index in [9.17, 15) is 19.2 Å².